The fourth-order valence-corrected chi connectivity index (χ4v) is 1.26. The van der Waals surface area contributed by atoms with Gasteiger partial charge in [-0.05, 0) is 12.1 Å². The molecule has 0 saturated heterocycles. The van der Waals surface area contributed by atoms with Crippen molar-refractivity contribution in [2.45, 2.75) is 13.2 Å². The van der Waals surface area contributed by atoms with Crippen LogP contribution in [-0.4, -0.2) is 33.0 Å². The number of carbonyl (C=O) groups is 1. The number of hydrogen-bond acceptors (Lipinski definition) is 4. The summed E-state index contributed by atoms with van der Waals surface area (Å²) in [5.41, 5.74) is 0.696. The first-order valence-electron chi connectivity index (χ1n) is 5.21. The Bertz CT molecular complexity index is 363. The average Bonchev–Trinajstić information content (AvgIpc) is 2.30. The Morgan fingerprint density at radius 1 is 1.35 bits per heavy atom. The van der Waals surface area contributed by atoms with E-state index in [9.17, 15) is 4.79 Å². The second-order valence-corrected chi connectivity index (χ2v) is 3.42. The summed E-state index contributed by atoms with van der Waals surface area (Å²) in [6.45, 7) is 1.75. The first-order valence-corrected chi connectivity index (χ1v) is 5.21. The van der Waals surface area contributed by atoms with Gasteiger partial charge in [0, 0.05) is 32.9 Å². The minimum Gasteiger partial charge on any atom is -0.488 e. The van der Waals surface area contributed by atoms with Crippen molar-refractivity contribution in [2.75, 3.05) is 26.1 Å². The Morgan fingerprint density at radius 2 is 2.06 bits per heavy atom. The monoisotopic (exact) mass is 239 g/mol. The normalized spacial score (nSPS) is 10.4. The van der Waals surface area contributed by atoms with Gasteiger partial charge in [-0.3, -0.25) is 4.79 Å². The van der Waals surface area contributed by atoms with Gasteiger partial charge in [0.2, 0.25) is 5.91 Å². The fraction of sp³-hybridized carbons (Fsp3) is 0.417. The van der Waals surface area contributed by atoms with Crippen LogP contribution in [0.3, 0.4) is 0 Å². The van der Waals surface area contributed by atoms with Crippen molar-refractivity contribution in [1.29, 1.82) is 0 Å². The van der Waals surface area contributed by atoms with Crippen LogP contribution in [0.4, 0.5) is 5.69 Å². The quantitative estimate of drug-likeness (QED) is 0.767. The number of rotatable bonds is 6. The molecule has 1 amide bonds. The molecular weight excluding hydrogens is 222 g/mol. The lowest BCUT2D eigenvalue weighted by Crippen LogP contribution is -2.22. The number of amides is 1. The van der Waals surface area contributed by atoms with Gasteiger partial charge in [-0.2, -0.15) is 0 Å². The van der Waals surface area contributed by atoms with E-state index < -0.39 is 6.29 Å². The van der Waals surface area contributed by atoms with Crippen LogP contribution < -0.4 is 10.1 Å². The average molecular weight is 239 g/mol. The molecule has 0 aliphatic heterocycles. The van der Waals surface area contributed by atoms with Crippen LogP contribution in [0.25, 0.3) is 0 Å². The molecule has 0 fully saturated rings. The van der Waals surface area contributed by atoms with Gasteiger partial charge in [-0.1, -0.05) is 6.07 Å². The molecule has 5 heteroatoms. The third kappa shape index (κ3) is 4.84. The molecular formula is C12H17NO4. The van der Waals surface area contributed by atoms with E-state index in [0.717, 1.165) is 0 Å². The van der Waals surface area contributed by atoms with Gasteiger partial charge in [0.25, 0.3) is 0 Å². The molecule has 0 aromatic heterocycles. The van der Waals surface area contributed by atoms with E-state index in [1.807, 2.05) is 0 Å². The lowest BCUT2D eigenvalue weighted by molar-refractivity contribution is -0.122. The lowest BCUT2D eigenvalue weighted by Gasteiger charge is -2.14. The SMILES string of the molecule is COC(COc1cccc(NC(C)=O)c1)OC. The summed E-state index contributed by atoms with van der Waals surface area (Å²) in [7, 11) is 3.09. The molecule has 0 aliphatic carbocycles. The van der Waals surface area contributed by atoms with Crippen molar-refractivity contribution in [1.82, 2.24) is 0 Å². The molecule has 1 aromatic carbocycles. The Morgan fingerprint density at radius 3 is 2.65 bits per heavy atom. The van der Waals surface area contributed by atoms with E-state index >= 15 is 0 Å². The van der Waals surface area contributed by atoms with E-state index in [0.29, 0.717) is 11.4 Å². The maximum absolute atomic E-state index is 10.9. The molecule has 1 N–H and O–H groups in total. The minimum atomic E-state index is -0.403. The van der Waals surface area contributed by atoms with Gasteiger partial charge < -0.3 is 19.5 Å². The summed E-state index contributed by atoms with van der Waals surface area (Å²) in [6, 6.07) is 7.13. The van der Waals surface area contributed by atoms with Crippen molar-refractivity contribution in [3.05, 3.63) is 24.3 Å². The molecule has 0 spiro atoms. The molecule has 0 unspecified atom stereocenters. The topological polar surface area (TPSA) is 56.8 Å². The second-order valence-electron chi connectivity index (χ2n) is 3.42. The molecule has 0 heterocycles. The highest BCUT2D eigenvalue weighted by atomic mass is 16.7. The van der Waals surface area contributed by atoms with Gasteiger partial charge in [0.05, 0.1) is 0 Å². The van der Waals surface area contributed by atoms with Crippen LogP contribution >= 0.6 is 0 Å². The molecule has 1 aromatic rings. The van der Waals surface area contributed by atoms with Gasteiger partial charge >= 0.3 is 0 Å². The summed E-state index contributed by atoms with van der Waals surface area (Å²) in [4.78, 5) is 10.9. The van der Waals surface area contributed by atoms with E-state index in [2.05, 4.69) is 5.32 Å². The van der Waals surface area contributed by atoms with Crippen LogP contribution in [0, 0.1) is 0 Å². The maximum Gasteiger partial charge on any atom is 0.221 e. The van der Waals surface area contributed by atoms with Crippen molar-refractivity contribution in [2.24, 2.45) is 0 Å². The molecule has 0 aliphatic rings. The van der Waals surface area contributed by atoms with E-state index in [1.54, 1.807) is 38.5 Å². The maximum atomic E-state index is 10.9. The number of nitrogens with one attached hydrogen (secondary N) is 1. The van der Waals surface area contributed by atoms with Gasteiger partial charge in [-0.15, -0.1) is 0 Å². The van der Waals surface area contributed by atoms with Crippen molar-refractivity contribution in [3.63, 3.8) is 0 Å². The van der Waals surface area contributed by atoms with E-state index in [1.165, 1.54) is 6.92 Å². The highest BCUT2D eigenvalue weighted by molar-refractivity contribution is 5.88. The highest BCUT2D eigenvalue weighted by Gasteiger charge is 2.06. The van der Waals surface area contributed by atoms with Crippen LogP contribution in [0.1, 0.15) is 6.92 Å². The summed E-state index contributed by atoms with van der Waals surface area (Å²) in [5, 5.41) is 2.68. The van der Waals surface area contributed by atoms with Crippen LogP contribution in [0.15, 0.2) is 24.3 Å². The van der Waals surface area contributed by atoms with Crippen molar-refractivity contribution < 1.29 is 19.0 Å². The van der Waals surface area contributed by atoms with Crippen LogP contribution in [0.2, 0.25) is 0 Å². The van der Waals surface area contributed by atoms with Gasteiger partial charge in [-0.25, -0.2) is 0 Å². The molecule has 0 radical (unpaired) electrons. The fourth-order valence-electron chi connectivity index (χ4n) is 1.26. The molecule has 94 valence electrons. The standard InChI is InChI=1S/C12H17NO4/c1-9(14)13-10-5-4-6-11(7-10)17-8-12(15-2)16-3/h4-7,12H,8H2,1-3H3,(H,13,14). The molecule has 5 nitrogen and oxygen atoms in total. The van der Waals surface area contributed by atoms with E-state index in [4.69, 9.17) is 14.2 Å². The third-order valence-electron chi connectivity index (χ3n) is 2.07. The molecule has 0 atom stereocenters. The summed E-state index contributed by atoms with van der Waals surface area (Å²) in [5.74, 6) is 0.532. The number of benzene rings is 1. The third-order valence-corrected chi connectivity index (χ3v) is 2.07. The number of anilines is 1. The summed E-state index contributed by atoms with van der Waals surface area (Å²) < 4.78 is 15.5. The van der Waals surface area contributed by atoms with E-state index in [-0.39, 0.29) is 12.5 Å². The Labute approximate surface area is 101 Å². The van der Waals surface area contributed by atoms with Gasteiger partial charge in [0.1, 0.15) is 12.4 Å². The molecule has 0 saturated carbocycles. The number of hydrogen-bond donors (Lipinski definition) is 1. The van der Waals surface area contributed by atoms with Crippen LogP contribution in [0.5, 0.6) is 5.75 Å². The Hall–Kier alpha value is -1.59. The lowest BCUT2D eigenvalue weighted by atomic mass is 10.3. The number of carbonyl (C=O) groups excluding carboxylic acids is 1. The van der Waals surface area contributed by atoms with Crippen LogP contribution in [-0.2, 0) is 14.3 Å². The van der Waals surface area contributed by atoms with Crippen molar-refractivity contribution >= 4 is 11.6 Å². The Kier molecular flexibility index (Phi) is 5.45. The number of ether oxygens (including phenoxy) is 3. The zero-order chi connectivity index (χ0) is 12.7. The smallest absolute Gasteiger partial charge is 0.221 e. The molecule has 17 heavy (non-hydrogen) atoms. The summed E-state index contributed by atoms with van der Waals surface area (Å²) in [6.07, 6.45) is -0.403. The highest BCUT2D eigenvalue weighted by Crippen LogP contribution is 2.17. The number of methoxy groups -OCH3 is 2. The summed E-state index contributed by atoms with van der Waals surface area (Å²) >= 11 is 0. The molecule has 0 bridgehead atoms. The second kappa shape index (κ2) is 6.88. The largest absolute Gasteiger partial charge is 0.488 e. The van der Waals surface area contributed by atoms with Gasteiger partial charge in [0.15, 0.2) is 6.29 Å². The Balaban J connectivity index is 2.56. The zero-order valence-electron chi connectivity index (χ0n) is 10.2. The predicted molar refractivity (Wildman–Crippen MR) is 64.0 cm³/mol. The predicted octanol–water partition coefficient (Wildman–Crippen LogP) is 1.64. The first-order chi connectivity index (χ1) is 8.15. The van der Waals surface area contributed by atoms with Crippen molar-refractivity contribution in [3.8, 4) is 5.75 Å². The molecule has 1 rings (SSSR count). The zero-order valence-corrected chi connectivity index (χ0v) is 10.2. The minimum absolute atomic E-state index is 0.117. The first kappa shape index (κ1) is 13.5.